The fraction of sp³-hybridized carbons (Fsp3) is 0.350. The molecule has 0 saturated carbocycles. The minimum absolute atomic E-state index is 0.147. The van der Waals surface area contributed by atoms with Gasteiger partial charge in [0.1, 0.15) is 11.6 Å². The van der Waals surface area contributed by atoms with E-state index in [0.717, 1.165) is 5.56 Å². The summed E-state index contributed by atoms with van der Waals surface area (Å²) in [5.41, 5.74) is 0.912. The van der Waals surface area contributed by atoms with E-state index in [4.69, 9.17) is 14.2 Å². The van der Waals surface area contributed by atoms with Crippen molar-refractivity contribution in [3.05, 3.63) is 53.8 Å². The lowest BCUT2D eigenvalue weighted by Gasteiger charge is -2.24. The molecule has 2 aromatic carbocycles. The van der Waals surface area contributed by atoms with Gasteiger partial charge in [0.15, 0.2) is 17.6 Å². The van der Waals surface area contributed by atoms with Gasteiger partial charge in [-0.2, -0.15) is 0 Å². The molecule has 0 saturated heterocycles. The van der Waals surface area contributed by atoms with E-state index in [1.165, 1.54) is 24.3 Å². The Morgan fingerprint density at radius 1 is 1.08 bits per heavy atom. The van der Waals surface area contributed by atoms with E-state index in [2.05, 4.69) is 0 Å². The number of hydrogen-bond donors (Lipinski definition) is 0. The summed E-state index contributed by atoms with van der Waals surface area (Å²) in [7, 11) is 4.86. The molecule has 0 unspecified atom stereocenters. The molecule has 140 valence electrons. The molecule has 6 heteroatoms. The third-order valence-corrected chi connectivity index (χ3v) is 3.98. The number of benzene rings is 2. The van der Waals surface area contributed by atoms with Crippen LogP contribution in [0, 0.1) is 5.82 Å². The van der Waals surface area contributed by atoms with Gasteiger partial charge in [0.05, 0.1) is 14.2 Å². The summed E-state index contributed by atoms with van der Waals surface area (Å²) in [5.74, 6) is 1.22. The minimum atomic E-state index is -0.634. The van der Waals surface area contributed by atoms with Crippen molar-refractivity contribution in [2.45, 2.75) is 26.0 Å². The Bertz CT molecular complexity index is 733. The number of methoxy groups -OCH3 is 2. The second-order valence-electron chi connectivity index (χ2n) is 5.85. The second-order valence-corrected chi connectivity index (χ2v) is 5.85. The first-order valence-corrected chi connectivity index (χ1v) is 8.36. The Hall–Kier alpha value is -2.76. The lowest BCUT2D eigenvalue weighted by atomic mass is 10.1. The van der Waals surface area contributed by atoms with Crippen LogP contribution in [0.1, 0.15) is 18.9 Å². The van der Waals surface area contributed by atoms with Gasteiger partial charge in [-0.15, -0.1) is 0 Å². The van der Waals surface area contributed by atoms with Crippen molar-refractivity contribution in [3.8, 4) is 17.2 Å². The van der Waals surface area contributed by atoms with E-state index < -0.39 is 6.10 Å². The average Bonchev–Trinajstić information content (AvgIpc) is 2.66. The van der Waals surface area contributed by atoms with Crippen LogP contribution in [0.3, 0.4) is 0 Å². The smallest absolute Gasteiger partial charge is 0.263 e. The summed E-state index contributed by atoms with van der Waals surface area (Å²) >= 11 is 0. The van der Waals surface area contributed by atoms with E-state index in [-0.39, 0.29) is 11.7 Å². The van der Waals surface area contributed by atoms with Gasteiger partial charge in [0, 0.05) is 13.6 Å². The van der Waals surface area contributed by atoms with Crippen LogP contribution < -0.4 is 14.2 Å². The van der Waals surface area contributed by atoms with Crippen molar-refractivity contribution in [1.82, 2.24) is 4.90 Å². The molecule has 2 rings (SSSR count). The second kappa shape index (κ2) is 9.08. The minimum Gasteiger partial charge on any atom is -0.493 e. The first-order valence-electron chi connectivity index (χ1n) is 8.36. The van der Waals surface area contributed by atoms with Crippen molar-refractivity contribution in [3.63, 3.8) is 0 Å². The molecule has 1 amide bonds. The Kier molecular flexibility index (Phi) is 6.83. The maximum atomic E-state index is 13.0. The van der Waals surface area contributed by atoms with Crippen LogP contribution in [0.4, 0.5) is 4.39 Å². The molecule has 1 atom stereocenters. The normalized spacial score (nSPS) is 11.6. The lowest BCUT2D eigenvalue weighted by molar-refractivity contribution is -0.138. The SMILES string of the molecule is CC[C@H](Oc1ccc(F)cc1)C(=O)N(C)Cc1ccc(OC)c(OC)c1. The van der Waals surface area contributed by atoms with Crippen molar-refractivity contribution >= 4 is 5.91 Å². The highest BCUT2D eigenvalue weighted by Gasteiger charge is 2.22. The van der Waals surface area contributed by atoms with Gasteiger partial charge in [0.2, 0.25) is 0 Å². The van der Waals surface area contributed by atoms with Crippen LogP contribution in [0.2, 0.25) is 0 Å². The van der Waals surface area contributed by atoms with Gasteiger partial charge in [-0.1, -0.05) is 13.0 Å². The highest BCUT2D eigenvalue weighted by atomic mass is 19.1. The fourth-order valence-corrected chi connectivity index (χ4v) is 2.56. The highest BCUT2D eigenvalue weighted by molar-refractivity contribution is 5.81. The quantitative estimate of drug-likeness (QED) is 0.720. The fourth-order valence-electron chi connectivity index (χ4n) is 2.56. The maximum absolute atomic E-state index is 13.0. The third-order valence-electron chi connectivity index (χ3n) is 3.98. The van der Waals surface area contributed by atoms with Gasteiger partial charge in [0.25, 0.3) is 5.91 Å². The number of amides is 1. The number of hydrogen-bond acceptors (Lipinski definition) is 4. The van der Waals surface area contributed by atoms with Crippen LogP contribution in [0.5, 0.6) is 17.2 Å². The summed E-state index contributed by atoms with van der Waals surface area (Å²) in [5, 5.41) is 0. The predicted molar refractivity (Wildman–Crippen MR) is 97.1 cm³/mol. The van der Waals surface area contributed by atoms with E-state index in [9.17, 15) is 9.18 Å². The largest absolute Gasteiger partial charge is 0.493 e. The zero-order valence-corrected chi connectivity index (χ0v) is 15.5. The van der Waals surface area contributed by atoms with Crippen molar-refractivity contribution in [2.75, 3.05) is 21.3 Å². The first kappa shape index (κ1) is 19.6. The van der Waals surface area contributed by atoms with E-state index in [1.54, 1.807) is 32.2 Å². The number of likely N-dealkylation sites (N-methyl/N-ethyl adjacent to an activating group) is 1. The standard InChI is InChI=1S/C20H24FNO4/c1-5-17(26-16-9-7-15(21)8-10-16)20(23)22(2)13-14-6-11-18(24-3)19(12-14)25-4/h6-12,17H,5,13H2,1-4H3/t17-/m0/s1. The summed E-state index contributed by atoms with van der Waals surface area (Å²) in [6, 6.07) is 11.2. The number of nitrogens with zero attached hydrogens (tertiary/aromatic N) is 1. The molecule has 0 aromatic heterocycles. The molecule has 0 radical (unpaired) electrons. The molecule has 0 aliphatic heterocycles. The molecule has 2 aromatic rings. The molecule has 5 nitrogen and oxygen atoms in total. The summed E-state index contributed by atoms with van der Waals surface area (Å²) in [4.78, 5) is 14.3. The average molecular weight is 361 g/mol. The number of halogens is 1. The topological polar surface area (TPSA) is 48.0 Å². The van der Waals surface area contributed by atoms with Gasteiger partial charge < -0.3 is 19.1 Å². The van der Waals surface area contributed by atoms with Crippen LogP contribution in [0.15, 0.2) is 42.5 Å². The maximum Gasteiger partial charge on any atom is 0.263 e. The Morgan fingerprint density at radius 2 is 1.73 bits per heavy atom. The predicted octanol–water partition coefficient (Wildman–Crippen LogP) is 3.66. The number of ether oxygens (including phenoxy) is 3. The Labute approximate surface area is 153 Å². The summed E-state index contributed by atoms with van der Waals surface area (Å²) < 4.78 is 29.2. The molecule has 0 bridgehead atoms. The zero-order valence-electron chi connectivity index (χ0n) is 15.5. The molecule has 26 heavy (non-hydrogen) atoms. The van der Waals surface area contributed by atoms with Gasteiger partial charge in [-0.05, 0) is 48.4 Å². The monoisotopic (exact) mass is 361 g/mol. The third kappa shape index (κ3) is 4.88. The van der Waals surface area contributed by atoms with Crippen LogP contribution >= 0.6 is 0 Å². The van der Waals surface area contributed by atoms with E-state index in [0.29, 0.717) is 30.2 Å². The molecule has 0 spiro atoms. The van der Waals surface area contributed by atoms with Crippen molar-refractivity contribution < 1.29 is 23.4 Å². The zero-order chi connectivity index (χ0) is 19.1. The Morgan fingerprint density at radius 3 is 2.31 bits per heavy atom. The van der Waals surface area contributed by atoms with Crippen LogP contribution in [-0.2, 0) is 11.3 Å². The number of rotatable bonds is 8. The van der Waals surface area contributed by atoms with E-state index >= 15 is 0 Å². The van der Waals surface area contributed by atoms with E-state index in [1.807, 2.05) is 19.1 Å². The molecule has 0 N–H and O–H groups in total. The molecule has 0 heterocycles. The van der Waals surface area contributed by atoms with Crippen molar-refractivity contribution in [1.29, 1.82) is 0 Å². The number of carbonyl (C=O) groups is 1. The Balaban J connectivity index is 2.05. The molecule has 0 fully saturated rings. The summed E-state index contributed by atoms with van der Waals surface area (Å²) in [6.45, 7) is 2.28. The first-order chi connectivity index (χ1) is 12.5. The summed E-state index contributed by atoms with van der Waals surface area (Å²) in [6.07, 6.45) is -0.127. The highest BCUT2D eigenvalue weighted by Crippen LogP contribution is 2.28. The molecular weight excluding hydrogens is 337 g/mol. The van der Waals surface area contributed by atoms with Crippen LogP contribution in [-0.4, -0.2) is 38.2 Å². The van der Waals surface area contributed by atoms with Crippen LogP contribution in [0.25, 0.3) is 0 Å². The molecule has 0 aliphatic rings. The lowest BCUT2D eigenvalue weighted by Crippen LogP contribution is -2.39. The van der Waals surface area contributed by atoms with Gasteiger partial charge in [-0.25, -0.2) is 4.39 Å². The van der Waals surface area contributed by atoms with Gasteiger partial charge in [-0.3, -0.25) is 4.79 Å². The number of carbonyl (C=O) groups excluding carboxylic acids is 1. The molecule has 0 aliphatic carbocycles. The molecular formula is C20H24FNO4. The van der Waals surface area contributed by atoms with Crippen molar-refractivity contribution in [2.24, 2.45) is 0 Å². The van der Waals surface area contributed by atoms with Gasteiger partial charge >= 0.3 is 0 Å².